The second kappa shape index (κ2) is 4.40. The molecule has 0 amide bonds. The van der Waals surface area contributed by atoms with Crippen LogP contribution in [0.15, 0.2) is 5.38 Å². The summed E-state index contributed by atoms with van der Waals surface area (Å²) in [4.78, 5) is 7.02. The summed E-state index contributed by atoms with van der Waals surface area (Å²) in [5.41, 5.74) is 1.35. The topological polar surface area (TPSA) is 16.1 Å². The van der Waals surface area contributed by atoms with Gasteiger partial charge in [0.05, 0.1) is 18.1 Å². The lowest BCUT2D eigenvalue weighted by Crippen LogP contribution is -2.37. The summed E-state index contributed by atoms with van der Waals surface area (Å²) in [6, 6.07) is 0. The molecule has 0 aliphatic carbocycles. The van der Waals surface area contributed by atoms with E-state index >= 15 is 0 Å². The molecule has 1 aromatic rings. The van der Waals surface area contributed by atoms with Crippen LogP contribution in [0.3, 0.4) is 0 Å². The summed E-state index contributed by atoms with van der Waals surface area (Å²) in [5.74, 6) is 0.528. The molecule has 1 aliphatic rings. The van der Waals surface area contributed by atoms with E-state index < -0.39 is 0 Å². The van der Waals surface area contributed by atoms with Crippen molar-refractivity contribution in [2.75, 3.05) is 6.54 Å². The lowest BCUT2D eigenvalue weighted by Gasteiger charge is -2.30. The first-order chi connectivity index (χ1) is 7.12. The Morgan fingerprint density at radius 1 is 1.60 bits per heavy atom. The summed E-state index contributed by atoms with van der Waals surface area (Å²) in [6.07, 6.45) is 2.60. The summed E-state index contributed by atoms with van der Waals surface area (Å²) in [7, 11) is 0. The first kappa shape index (κ1) is 11.4. The van der Waals surface area contributed by atoms with Gasteiger partial charge in [0, 0.05) is 10.9 Å². The van der Waals surface area contributed by atoms with Gasteiger partial charge >= 0.3 is 0 Å². The third-order valence-electron chi connectivity index (χ3n) is 3.14. The average Bonchev–Trinajstić information content (AvgIpc) is 2.75. The highest BCUT2D eigenvalue weighted by atomic mass is 35.5. The van der Waals surface area contributed by atoms with Gasteiger partial charge in [-0.1, -0.05) is 0 Å². The van der Waals surface area contributed by atoms with Gasteiger partial charge in [-0.15, -0.1) is 22.9 Å². The standard InChI is InChI=1S/C11H17ClN2S/c1-11(2)4-3-5-14(11)7-10-13-9(6-12)8-15-10/h8H,3-7H2,1-2H3. The van der Waals surface area contributed by atoms with Crippen LogP contribution in [0.4, 0.5) is 0 Å². The van der Waals surface area contributed by atoms with Crippen LogP contribution >= 0.6 is 22.9 Å². The van der Waals surface area contributed by atoms with Crippen LogP contribution in [0.25, 0.3) is 0 Å². The first-order valence-corrected chi connectivity index (χ1v) is 6.77. The molecule has 2 nitrogen and oxygen atoms in total. The fourth-order valence-corrected chi connectivity index (χ4v) is 3.14. The summed E-state index contributed by atoms with van der Waals surface area (Å²) < 4.78 is 0. The molecule has 0 unspecified atom stereocenters. The SMILES string of the molecule is CC1(C)CCCN1Cc1nc(CCl)cs1. The summed E-state index contributed by atoms with van der Waals surface area (Å²) >= 11 is 7.47. The minimum atomic E-state index is 0.340. The smallest absolute Gasteiger partial charge is 0.107 e. The van der Waals surface area contributed by atoms with Crippen molar-refractivity contribution in [3.05, 3.63) is 16.1 Å². The molecule has 84 valence electrons. The quantitative estimate of drug-likeness (QED) is 0.759. The number of hydrogen-bond acceptors (Lipinski definition) is 3. The maximum Gasteiger partial charge on any atom is 0.107 e. The van der Waals surface area contributed by atoms with Crippen molar-refractivity contribution < 1.29 is 0 Å². The number of hydrogen-bond donors (Lipinski definition) is 0. The fourth-order valence-electron chi connectivity index (χ4n) is 2.10. The Morgan fingerprint density at radius 2 is 2.40 bits per heavy atom. The Balaban J connectivity index is 2.02. The van der Waals surface area contributed by atoms with E-state index in [0.29, 0.717) is 11.4 Å². The number of rotatable bonds is 3. The number of alkyl halides is 1. The third-order valence-corrected chi connectivity index (χ3v) is 4.29. The van der Waals surface area contributed by atoms with Crippen LogP contribution in [0.5, 0.6) is 0 Å². The minimum Gasteiger partial charge on any atom is -0.292 e. The molecule has 4 heteroatoms. The zero-order valence-corrected chi connectivity index (χ0v) is 10.9. The molecule has 1 aliphatic heterocycles. The van der Waals surface area contributed by atoms with Crippen molar-refractivity contribution in [2.45, 2.75) is 44.7 Å². The van der Waals surface area contributed by atoms with Crippen LogP contribution in [-0.2, 0) is 12.4 Å². The van der Waals surface area contributed by atoms with E-state index in [4.69, 9.17) is 11.6 Å². The van der Waals surface area contributed by atoms with Crippen LogP contribution in [0, 0.1) is 0 Å². The Bertz CT molecular complexity index is 335. The molecule has 1 saturated heterocycles. The highest BCUT2D eigenvalue weighted by molar-refractivity contribution is 7.09. The molecule has 0 N–H and O–H groups in total. The van der Waals surface area contributed by atoms with Gasteiger partial charge in [-0.3, -0.25) is 4.90 Å². The van der Waals surface area contributed by atoms with E-state index in [2.05, 4.69) is 29.1 Å². The molecule has 0 bridgehead atoms. The van der Waals surface area contributed by atoms with Crippen molar-refractivity contribution in [1.82, 2.24) is 9.88 Å². The van der Waals surface area contributed by atoms with E-state index in [0.717, 1.165) is 12.2 Å². The maximum absolute atomic E-state index is 5.74. The second-order valence-corrected chi connectivity index (χ2v) is 5.91. The lowest BCUT2D eigenvalue weighted by molar-refractivity contribution is 0.166. The molecular weight excluding hydrogens is 228 g/mol. The van der Waals surface area contributed by atoms with Crippen LogP contribution in [0.2, 0.25) is 0 Å². The fraction of sp³-hybridized carbons (Fsp3) is 0.727. The van der Waals surface area contributed by atoms with Crippen molar-refractivity contribution >= 4 is 22.9 Å². The van der Waals surface area contributed by atoms with Gasteiger partial charge < -0.3 is 0 Å². The van der Waals surface area contributed by atoms with Crippen molar-refractivity contribution in [2.24, 2.45) is 0 Å². The summed E-state index contributed by atoms with van der Waals surface area (Å²) in [5, 5.41) is 3.26. The van der Waals surface area contributed by atoms with Gasteiger partial charge in [0.2, 0.25) is 0 Å². The number of likely N-dealkylation sites (tertiary alicyclic amines) is 1. The van der Waals surface area contributed by atoms with Gasteiger partial charge in [-0.2, -0.15) is 0 Å². The molecular formula is C11H17ClN2S. The number of nitrogens with zero attached hydrogens (tertiary/aromatic N) is 2. The molecule has 0 radical (unpaired) electrons. The van der Waals surface area contributed by atoms with Gasteiger partial charge in [0.25, 0.3) is 0 Å². The zero-order valence-electron chi connectivity index (χ0n) is 9.29. The van der Waals surface area contributed by atoms with E-state index in [1.807, 2.05) is 0 Å². The highest BCUT2D eigenvalue weighted by Crippen LogP contribution is 2.30. The molecule has 1 aromatic heterocycles. The van der Waals surface area contributed by atoms with Crippen molar-refractivity contribution in [3.8, 4) is 0 Å². The van der Waals surface area contributed by atoms with E-state index in [-0.39, 0.29) is 0 Å². The Hall–Kier alpha value is -0.120. The average molecular weight is 245 g/mol. The Labute approximate surface area is 100 Å². The summed E-state index contributed by atoms with van der Waals surface area (Å²) in [6.45, 7) is 6.81. The minimum absolute atomic E-state index is 0.340. The second-order valence-electron chi connectivity index (χ2n) is 4.70. The van der Waals surface area contributed by atoms with Gasteiger partial charge in [0.15, 0.2) is 0 Å². The number of thiazole rings is 1. The highest BCUT2D eigenvalue weighted by Gasteiger charge is 2.32. The number of halogens is 1. The zero-order chi connectivity index (χ0) is 10.9. The van der Waals surface area contributed by atoms with E-state index in [1.165, 1.54) is 24.4 Å². The normalized spacial score (nSPS) is 21.0. The molecule has 1 fully saturated rings. The van der Waals surface area contributed by atoms with E-state index in [9.17, 15) is 0 Å². The largest absolute Gasteiger partial charge is 0.292 e. The first-order valence-electron chi connectivity index (χ1n) is 5.36. The lowest BCUT2D eigenvalue weighted by atomic mass is 10.0. The maximum atomic E-state index is 5.74. The third kappa shape index (κ3) is 2.52. The molecule has 0 aromatic carbocycles. The van der Waals surface area contributed by atoms with Crippen LogP contribution in [0.1, 0.15) is 37.4 Å². The number of aromatic nitrogens is 1. The van der Waals surface area contributed by atoms with E-state index in [1.54, 1.807) is 11.3 Å². The van der Waals surface area contributed by atoms with Crippen molar-refractivity contribution in [3.63, 3.8) is 0 Å². The molecule has 0 saturated carbocycles. The van der Waals surface area contributed by atoms with Crippen molar-refractivity contribution in [1.29, 1.82) is 0 Å². The molecule has 2 rings (SSSR count). The van der Waals surface area contributed by atoms with Crippen LogP contribution < -0.4 is 0 Å². The van der Waals surface area contributed by atoms with Gasteiger partial charge in [-0.25, -0.2) is 4.98 Å². The Kier molecular flexibility index (Phi) is 3.33. The predicted octanol–water partition coefficient (Wildman–Crippen LogP) is 3.26. The molecule has 0 spiro atoms. The van der Waals surface area contributed by atoms with Gasteiger partial charge in [-0.05, 0) is 33.2 Å². The molecule has 0 atom stereocenters. The predicted molar refractivity (Wildman–Crippen MR) is 65.4 cm³/mol. The Morgan fingerprint density at radius 3 is 2.93 bits per heavy atom. The van der Waals surface area contributed by atoms with Gasteiger partial charge in [0.1, 0.15) is 5.01 Å². The monoisotopic (exact) mass is 244 g/mol. The molecule has 2 heterocycles. The van der Waals surface area contributed by atoms with Crippen LogP contribution in [-0.4, -0.2) is 22.0 Å². The molecule has 15 heavy (non-hydrogen) atoms.